The average molecular weight is 529 g/mol. The van der Waals surface area contributed by atoms with Crippen molar-refractivity contribution in [1.29, 1.82) is 0 Å². The number of aliphatic hydroxyl groups excluding tert-OH is 1. The van der Waals surface area contributed by atoms with E-state index in [1.54, 1.807) is 13.0 Å². The van der Waals surface area contributed by atoms with Crippen LogP contribution in [0.3, 0.4) is 0 Å². The maximum Gasteiger partial charge on any atom is 0.433 e. The Morgan fingerprint density at radius 3 is 2.42 bits per heavy atom. The molecule has 0 saturated carbocycles. The van der Waals surface area contributed by atoms with Crippen molar-refractivity contribution in [3.05, 3.63) is 77.3 Å². The molecular formula is C27H27F3N4O4. The number of hydrogen-bond acceptors (Lipinski definition) is 7. The van der Waals surface area contributed by atoms with Crippen LogP contribution in [0.1, 0.15) is 53.4 Å². The number of methoxy groups -OCH3 is 1. The molecule has 0 bridgehead atoms. The van der Waals surface area contributed by atoms with Gasteiger partial charge >= 0.3 is 6.18 Å². The van der Waals surface area contributed by atoms with Gasteiger partial charge in [0.2, 0.25) is 5.89 Å². The molecule has 11 heteroatoms. The molecule has 200 valence electrons. The van der Waals surface area contributed by atoms with Crippen molar-refractivity contribution in [3.63, 3.8) is 0 Å². The Hall–Kier alpha value is -3.96. The number of rotatable bonds is 8. The van der Waals surface area contributed by atoms with Crippen molar-refractivity contribution in [2.24, 2.45) is 5.73 Å². The lowest BCUT2D eigenvalue weighted by Crippen LogP contribution is -2.37. The number of aliphatic hydroxyl groups is 1. The quantitative estimate of drug-likeness (QED) is 0.326. The number of oxazole rings is 1. The molecule has 0 aliphatic rings. The minimum Gasteiger partial charge on any atom is -0.494 e. The van der Waals surface area contributed by atoms with Crippen LogP contribution >= 0.6 is 0 Å². The summed E-state index contributed by atoms with van der Waals surface area (Å²) in [6.07, 6.45) is -4.65. The third-order valence-corrected chi connectivity index (χ3v) is 6.18. The van der Waals surface area contributed by atoms with Gasteiger partial charge in [-0.3, -0.25) is 4.79 Å². The van der Waals surface area contributed by atoms with Gasteiger partial charge in [0.25, 0.3) is 5.91 Å². The van der Waals surface area contributed by atoms with Crippen LogP contribution in [0, 0.1) is 0 Å². The molecule has 1 amide bonds. The number of fused-ring (bicyclic) bond motifs is 1. The molecule has 2 aromatic carbocycles. The van der Waals surface area contributed by atoms with Gasteiger partial charge in [-0.15, -0.1) is 0 Å². The van der Waals surface area contributed by atoms with E-state index in [4.69, 9.17) is 14.9 Å². The minimum absolute atomic E-state index is 0.00817. The predicted molar refractivity (Wildman–Crippen MR) is 134 cm³/mol. The van der Waals surface area contributed by atoms with Gasteiger partial charge in [0.15, 0.2) is 11.5 Å². The lowest BCUT2D eigenvalue weighted by atomic mass is 10.1. The molecule has 2 atom stereocenters. The van der Waals surface area contributed by atoms with Crippen molar-refractivity contribution in [3.8, 4) is 17.2 Å². The number of aromatic nitrogens is 2. The Morgan fingerprint density at radius 2 is 1.82 bits per heavy atom. The first kappa shape index (κ1) is 27.1. The Balaban J connectivity index is 1.83. The monoisotopic (exact) mass is 528 g/mol. The summed E-state index contributed by atoms with van der Waals surface area (Å²) in [4.78, 5) is 23.4. The van der Waals surface area contributed by atoms with Gasteiger partial charge < -0.3 is 24.9 Å². The van der Waals surface area contributed by atoms with Crippen molar-refractivity contribution in [1.82, 2.24) is 14.9 Å². The van der Waals surface area contributed by atoms with E-state index in [0.29, 0.717) is 10.9 Å². The number of alkyl halides is 3. The third kappa shape index (κ3) is 5.20. The van der Waals surface area contributed by atoms with Crippen molar-refractivity contribution < 1.29 is 32.2 Å². The highest BCUT2D eigenvalue weighted by molar-refractivity contribution is 5.98. The Bertz CT molecular complexity index is 1440. The zero-order valence-electron chi connectivity index (χ0n) is 21.0. The fraction of sp³-hybridized carbons (Fsp3) is 0.296. The molecule has 0 saturated heterocycles. The largest absolute Gasteiger partial charge is 0.494 e. The molecule has 0 aliphatic heterocycles. The first-order valence-electron chi connectivity index (χ1n) is 11.8. The normalized spacial score (nSPS) is 13.4. The fourth-order valence-corrected chi connectivity index (χ4v) is 4.24. The predicted octanol–water partition coefficient (Wildman–Crippen LogP) is 5.13. The number of nitrogens with two attached hydrogens (primary N) is 1. The van der Waals surface area contributed by atoms with E-state index in [-0.39, 0.29) is 41.8 Å². The highest BCUT2D eigenvalue weighted by atomic mass is 19.4. The number of carbonyl (C=O) groups is 1. The third-order valence-electron chi connectivity index (χ3n) is 6.18. The summed E-state index contributed by atoms with van der Waals surface area (Å²) in [6, 6.07) is 13.3. The Morgan fingerprint density at radius 1 is 1.11 bits per heavy atom. The summed E-state index contributed by atoms with van der Waals surface area (Å²) in [5.41, 5.74) is 6.13. The number of halogens is 3. The highest BCUT2D eigenvalue weighted by Gasteiger charge is 2.34. The van der Waals surface area contributed by atoms with Crippen LogP contribution < -0.4 is 10.5 Å². The second kappa shape index (κ2) is 10.8. The van der Waals surface area contributed by atoms with Crippen LogP contribution in [0.4, 0.5) is 13.2 Å². The lowest BCUT2D eigenvalue weighted by molar-refractivity contribution is -0.140. The van der Waals surface area contributed by atoms with Crippen LogP contribution in [0.15, 0.2) is 59.0 Å². The zero-order chi connectivity index (χ0) is 27.6. The molecule has 1 unspecified atom stereocenters. The van der Waals surface area contributed by atoms with Crippen molar-refractivity contribution >= 4 is 16.8 Å². The second-order valence-electron chi connectivity index (χ2n) is 8.74. The molecule has 0 fully saturated rings. The number of carbonyl (C=O) groups excluding carboxylic acids is 1. The summed E-state index contributed by atoms with van der Waals surface area (Å²) < 4.78 is 51.2. The molecule has 3 N–H and O–H groups in total. The lowest BCUT2D eigenvalue weighted by Gasteiger charge is -2.28. The number of nitrogens with zero attached hydrogens (tertiary/aromatic N) is 3. The number of ether oxygens (including phenoxy) is 1. The van der Waals surface area contributed by atoms with Crippen LogP contribution in [0.2, 0.25) is 0 Å². The summed E-state index contributed by atoms with van der Waals surface area (Å²) in [5, 5.41) is 9.97. The van der Waals surface area contributed by atoms with Gasteiger partial charge in [0.1, 0.15) is 17.0 Å². The number of pyridine rings is 1. The van der Waals surface area contributed by atoms with Crippen LogP contribution in [-0.4, -0.2) is 46.1 Å². The SMILES string of the molecule is COc1ccc(-c2nc(C(=O)N(CCO)[C@H](C)c3ccccc3)c(C(C)N)o2)c2ccc(C(F)(F)F)nc12. The summed E-state index contributed by atoms with van der Waals surface area (Å²) >= 11 is 0. The van der Waals surface area contributed by atoms with Gasteiger partial charge in [-0.05, 0) is 43.7 Å². The molecule has 0 radical (unpaired) electrons. The Kier molecular flexibility index (Phi) is 7.70. The van der Waals surface area contributed by atoms with E-state index in [0.717, 1.165) is 11.6 Å². The number of amides is 1. The topological polar surface area (TPSA) is 115 Å². The molecule has 0 aliphatic carbocycles. The fourth-order valence-electron chi connectivity index (χ4n) is 4.24. The molecule has 0 spiro atoms. The molecule has 8 nitrogen and oxygen atoms in total. The van der Waals surface area contributed by atoms with E-state index >= 15 is 0 Å². The average Bonchev–Trinajstić information content (AvgIpc) is 3.36. The molecule has 38 heavy (non-hydrogen) atoms. The molecule has 4 rings (SSSR count). The maximum absolute atomic E-state index is 13.7. The van der Waals surface area contributed by atoms with E-state index in [1.165, 1.54) is 24.1 Å². The first-order chi connectivity index (χ1) is 18.1. The van der Waals surface area contributed by atoms with Gasteiger partial charge in [0.05, 0.1) is 25.8 Å². The maximum atomic E-state index is 13.7. The van der Waals surface area contributed by atoms with Crippen LogP contribution in [-0.2, 0) is 6.18 Å². The molecular weight excluding hydrogens is 501 g/mol. The van der Waals surface area contributed by atoms with Crippen molar-refractivity contribution in [2.75, 3.05) is 20.3 Å². The zero-order valence-corrected chi connectivity index (χ0v) is 21.0. The van der Waals surface area contributed by atoms with E-state index in [1.807, 2.05) is 37.3 Å². The molecule has 4 aromatic rings. The van der Waals surface area contributed by atoms with Gasteiger partial charge in [-0.25, -0.2) is 9.97 Å². The number of benzene rings is 2. The van der Waals surface area contributed by atoms with Gasteiger partial charge in [0, 0.05) is 17.5 Å². The summed E-state index contributed by atoms with van der Waals surface area (Å²) in [6.45, 7) is 3.21. The van der Waals surface area contributed by atoms with E-state index in [2.05, 4.69) is 9.97 Å². The molecule has 2 heterocycles. The molecule has 2 aromatic heterocycles. The first-order valence-corrected chi connectivity index (χ1v) is 11.8. The van der Waals surface area contributed by atoms with Crippen LogP contribution in [0.25, 0.3) is 22.4 Å². The smallest absolute Gasteiger partial charge is 0.433 e. The minimum atomic E-state index is -4.65. The van der Waals surface area contributed by atoms with E-state index < -0.39 is 29.9 Å². The summed E-state index contributed by atoms with van der Waals surface area (Å²) in [5.74, 6) is -0.271. The van der Waals surface area contributed by atoms with Gasteiger partial charge in [-0.2, -0.15) is 13.2 Å². The Labute approximate surface area is 216 Å². The second-order valence-corrected chi connectivity index (χ2v) is 8.74. The van der Waals surface area contributed by atoms with Crippen molar-refractivity contribution in [2.45, 2.75) is 32.1 Å². The van der Waals surface area contributed by atoms with E-state index in [9.17, 15) is 23.1 Å². The summed E-state index contributed by atoms with van der Waals surface area (Å²) in [7, 11) is 1.33. The van der Waals surface area contributed by atoms with Gasteiger partial charge in [-0.1, -0.05) is 30.3 Å². The van der Waals surface area contributed by atoms with Crippen LogP contribution in [0.5, 0.6) is 5.75 Å². The highest BCUT2D eigenvalue weighted by Crippen LogP contribution is 2.38. The number of hydrogen-bond donors (Lipinski definition) is 2. The standard InChI is InChI=1S/C27H27F3N4O4/c1-15(31)24-23(26(36)34(13-14-35)16(2)17-7-5-4-6-8-17)33-25(38-24)19-9-11-20(37-3)22-18(19)10-12-21(32-22)27(28,29)30/h4-12,15-16,35H,13-14,31H2,1-3H3/t15?,16-/m1/s1.